The van der Waals surface area contributed by atoms with Gasteiger partial charge in [-0.15, -0.1) is 0 Å². The van der Waals surface area contributed by atoms with Crippen molar-refractivity contribution in [3.8, 4) is 5.69 Å². The van der Waals surface area contributed by atoms with E-state index in [1.807, 2.05) is 67.2 Å². The summed E-state index contributed by atoms with van der Waals surface area (Å²) in [5.74, 6) is -0.169. The normalized spacial score (nSPS) is 12.4. The van der Waals surface area contributed by atoms with Gasteiger partial charge < -0.3 is 9.30 Å². The lowest BCUT2D eigenvalue weighted by Gasteiger charge is -2.19. The van der Waals surface area contributed by atoms with Crippen LogP contribution in [0.4, 0.5) is 0 Å². The maximum atomic E-state index is 11.8. The van der Waals surface area contributed by atoms with Crippen molar-refractivity contribution in [2.75, 3.05) is 7.11 Å². The average Bonchev–Trinajstić information content (AvgIpc) is 2.93. The summed E-state index contributed by atoms with van der Waals surface area (Å²) in [7, 11) is 1.44. The lowest BCUT2D eigenvalue weighted by molar-refractivity contribution is -0.143. The number of benzene rings is 1. The van der Waals surface area contributed by atoms with Crippen LogP contribution in [0.3, 0.4) is 0 Å². The topological polar surface area (TPSA) is 31.2 Å². The molecule has 0 saturated carbocycles. The van der Waals surface area contributed by atoms with E-state index < -0.39 is 0 Å². The number of ether oxygens (including phenoxy) is 1. The van der Waals surface area contributed by atoms with Crippen LogP contribution in [-0.2, 0) is 9.53 Å². The highest BCUT2D eigenvalue weighted by Crippen LogP contribution is 2.26. The van der Waals surface area contributed by atoms with Crippen LogP contribution in [0.5, 0.6) is 0 Å². The Kier molecular flexibility index (Phi) is 4.05. The van der Waals surface area contributed by atoms with Gasteiger partial charge in [0, 0.05) is 18.1 Å². The molecule has 0 N–H and O–H groups in total. The van der Waals surface area contributed by atoms with Crippen LogP contribution in [0, 0.1) is 5.92 Å². The molecule has 100 valence electrons. The molecular formula is C16H19NO2. The van der Waals surface area contributed by atoms with Gasteiger partial charge in [0.1, 0.15) is 0 Å². The molecule has 0 radical (unpaired) electrons. The zero-order valence-electron chi connectivity index (χ0n) is 11.5. The molecule has 0 aliphatic carbocycles. The van der Waals surface area contributed by atoms with E-state index in [4.69, 9.17) is 4.74 Å². The molecule has 2 rings (SSSR count). The Bertz CT molecular complexity index is 526. The number of carbonyl (C=O) groups excluding carboxylic acids is 1. The van der Waals surface area contributed by atoms with Crippen molar-refractivity contribution in [1.29, 1.82) is 0 Å². The predicted octanol–water partition coefficient (Wildman–Crippen LogP) is 3.39. The molecule has 1 aromatic heterocycles. The first kappa shape index (κ1) is 13.4. The smallest absolute Gasteiger partial charge is 0.313 e. The third-order valence-corrected chi connectivity index (χ3v) is 3.28. The first-order valence-electron chi connectivity index (χ1n) is 6.44. The van der Waals surface area contributed by atoms with E-state index in [1.54, 1.807) is 0 Å². The number of esters is 1. The van der Waals surface area contributed by atoms with Crippen molar-refractivity contribution in [2.24, 2.45) is 5.92 Å². The number of rotatable bonds is 4. The second-order valence-electron chi connectivity index (χ2n) is 4.93. The van der Waals surface area contributed by atoms with Gasteiger partial charge in [0.05, 0.1) is 13.0 Å². The zero-order chi connectivity index (χ0) is 13.8. The summed E-state index contributed by atoms with van der Waals surface area (Å²) in [6, 6.07) is 12.0. The van der Waals surface area contributed by atoms with Crippen LogP contribution in [0.25, 0.3) is 5.69 Å². The van der Waals surface area contributed by atoms with Gasteiger partial charge in [0.15, 0.2) is 0 Å². The third kappa shape index (κ3) is 2.87. The van der Waals surface area contributed by atoms with Gasteiger partial charge >= 0.3 is 5.97 Å². The number of aromatic nitrogens is 1. The molecule has 0 aliphatic heterocycles. The number of carbonyl (C=O) groups is 1. The standard InChI is InChI=1S/C16H19NO2/c1-12(2)15(16(18)19-3)13-6-8-14(9-7-13)17-10-4-5-11-17/h4-12,15H,1-3H3. The molecule has 0 saturated heterocycles. The van der Waals surface area contributed by atoms with Gasteiger partial charge in [-0.2, -0.15) is 0 Å². The van der Waals surface area contributed by atoms with Crippen molar-refractivity contribution < 1.29 is 9.53 Å². The molecule has 1 aromatic carbocycles. The SMILES string of the molecule is COC(=O)C(c1ccc(-n2cccc2)cc1)C(C)C. The molecule has 1 atom stereocenters. The summed E-state index contributed by atoms with van der Waals surface area (Å²) < 4.78 is 6.92. The van der Waals surface area contributed by atoms with Crippen LogP contribution in [0.2, 0.25) is 0 Å². The molecule has 0 amide bonds. The summed E-state index contributed by atoms with van der Waals surface area (Å²) in [5.41, 5.74) is 2.08. The quantitative estimate of drug-likeness (QED) is 0.786. The van der Waals surface area contributed by atoms with Crippen molar-refractivity contribution in [3.05, 3.63) is 54.4 Å². The molecule has 19 heavy (non-hydrogen) atoms. The first-order valence-corrected chi connectivity index (χ1v) is 6.44. The highest BCUT2D eigenvalue weighted by atomic mass is 16.5. The minimum atomic E-state index is -0.205. The van der Waals surface area contributed by atoms with Crippen LogP contribution >= 0.6 is 0 Å². The lowest BCUT2D eigenvalue weighted by Crippen LogP contribution is -2.19. The van der Waals surface area contributed by atoms with E-state index in [0.717, 1.165) is 11.3 Å². The Morgan fingerprint density at radius 1 is 1.11 bits per heavy atom. The zero-order valence-corrected chi connectivity index (χ0v) is 11.5. The van der Waals surface area contributed by atoms with Crippen LogP contribution < -0.4 is 0 Å². The Hall–Kier alpha value is -2.03. The van der Waals surface area contributed by atoms with Crippen molar-refractivity contribution >= 4 is 5.97 Å². The largest absolute Gasteiger partial charge is 0.469 e. The van der Waals surface area contributed by atoms with Crippen LogP contribution in [0.1, 0.15) is 25.3 Å². The number of nitrogens with zero attached hydrogens (tertiary/aromatic N) is 1. The van der Waals surface area contributed by atoms with E-state index in [-0.39, 0.29) is 17.8 Å². The Morgan fingerprint density at radius 3 is 2.16 bits per heavy atom. The van der Waals surface area contributed by atoms with Gasteiger partial charge in [0.25, 0.3) is 0 Å². The van der Waals surface area contributed by atoms with Gasteiger partial charge in [-0.05, 0) is 35.7 Å². The van der Waals surface area contributed by atoms with Crippen LogP contribution in [0.15, 0.2) is 48.8 Å². The predicted molar refractivity (Wildman–Crippen MR) is 75.4 cm³/mol. The van der Waals surface area contributed by atoms with Gasteiger partial charge in [-0.3, -0.25) is 4.79 Å². The van der Waals surface area contributed by atoms with E-state index in [0.29, 0.717) is 0 Å². The second kappa shape index (κ2) is 5.74. The Balaban J connectivity index is 2.28. The second-order valence-corrected chi connectivity index (χ2v) is 4.93. The van der Waals surface area contributed by atoms with Gasteiger partial charge in [0.2, 0.25) is 0 Å². The first-order chi connectivity index (χ1) is 9.13. The summed E-state index contributed by atoms with van der Waals surface area (Å²) in [4.78, 5) is 11.8. The molecule has 3 heteroatoms. The molecule has 1 heterocycles. The Labute approximate surface area is 113 Å². The maximum Gasteiger partial charge on any atom is 0.313 e. The van der Waals surface area contributed by atoms with Crippen LogP contribution in [-0.4, -0.2) is 17.6 Å². The molecular weight excluding hydrogens is 238 g/mol. The van der Waals surface area contributed by atoms with Crippen molar-refractivity contribution in [1.82, 2.24) is 4.57 Å². The molecule has 3 nitrogen and oxygen atoms in total. The fraction of sp³-hybridized carbons (Fsp3) is 0.312. The Morgan fingerprint density at radius 2 is 1.68 bits per heavy atom. The van der Waals surface area contributed by atoms with Gasteiger partial charge in [-0.1, -0.05) is 26.0 Å². The third-order valence-electron chi connectivity index (χ3n) is 3.28. The molecule has 0 spiro atoms. The fourth-order valence-corrected chi connectivity index (χ4v) is 2.28. The van der Waals surface area contributed by atoms with E-state index in [1.165, 1.54) is 7.11 Å². The number of hydrogen-bond acceptors (Lipinski definition) is 2. The maximum absolute atomic E-state index is 11.8. The number of hydrogen-bond donors (Lipinski definition) is 0. The molecule has 2 aromatic rings. The summed E-state index contributed by atoms with van der Waals surface area (Å²) in [6.45, 7) is 4.06. The van der Waals surface area contributed by atoms with E-state index in [2.05, 4.69) is 0 Å². The molecule has 0 bridgehead atoms. The highest BCUT2D eigenvalue weighted by Gasteiger charge is 2.24. The summed E-state index contributed by atoms with van der Waals surface area (Å²) >= 11 is 0. The monoisotopic (exact) mass is 257 g/mol. The summed E-state index contributed by atoms with van der Waals surface area (Å²) in [6.07, 6.45) is 3.99. The minimum absolute atomic E-state index is 0.177. The molecule has 0 fully saturated rings. The van der Waals surface area contributed by atoms with Gasteiger partial charge in [-0.25, -0.2) is 0 Å². The minimum Gasteiger partial charge on any atom is -0.469 e. The lowest BCUT2D eigenvalue weighted by atomic mass is 9.88. The molecule has 0 aliphatic rings. The number of methoxy groups -OCH3 is 1. The van der Waals surface area contributed by atoms with E-state index in [9.17, 15) is 4.79 Å². The van der Waals surface area contributed by atoms with Crippen molar-refractivity contribution in [2.45, 2.75) is 19.8 Å². The highest BCUT2D eigenvalue weighted by molar-refractivity contribution is 5.78. The fourth-order valence-electron chi connectivity index (χ4n) is 2.28. The summed E-state index contributed by atoms with van der Waals surface area (Å²) in [5, 5.41) is 0. The van der Waals surface area contributed by atoms with Crippen molar-refractivity contribution in [3.63, 3.8) is 0 Å². The average molecular weight is 257 g/mol. The van der Waals surface area contributed by atoms with E-state index >= 15 is 0 Å². The molecule has 1 unspecified atom stereocenters.